The van der Waals surface area contributed by atoms with Gasteiger partial charge in [0.1, 0.15) is 0 Å². The maximum Gasteiger partial charge on any atom is 0.512 e. The van der Waals surface area contributed by atoms with Gasteiger partial charge in [-0.15, -0.1) is 0 Å². The molecule has 94 valence electrons. The molecule has 1 N–H and O–H groups in total. The number of rotatable bonds is 1. The minimum absolute atomic E-state index is 0.0121. The molecule has 2 aliphatic rings. The van der Waals surface area contributed by atoms with E-state index in [4.69, 9.17) is 9.84 Å². The van der Waals surface area contributed by atoms with E-state index in [1.165, 1.54) is 4.90 Å². The van der Waals surface area contributed by atoms with E-state index in [1.54, 1.807) is 6.92 Å². The van der Waals surface area contributed by atoms with Gasteiger partial charge in [-0.1, -0.05) is 20.8 Å². The third-order valence-corrected chi connectivity index (χ3v) is 2.83. The number of carbonyl (C=O) groups is 2. The van der Waals surface area contributed by atoms with Crippen molar-refractivity contribution in [3.8, 4) is 0 Å². The van der Waals surface area contributed by atoms with Gasteiger partial charge < -0.3 is 14.6 Å². The van der Waals surface area contributed by atoms with Crippen LogP contribution in [0.1, 0.15) is 27.7 Å². The molecule has 17 heavy (non-hydrogen) atoms. The molecule has 0 aromatic heterocycles. The lowest BCUT2D eigenvalue weighted by Gasteiger charge is -2.38. The first-order chi connectivity index (χ1) is 7.73. The predicted octanol–water partition coefficient (Wildman–Crippen LogP) is 1.73. The summed E-state index contributed by atoms with van der Waals surface area (Å²) in [6.45, 7) is 7.35. The molecule has 6 heteroatoms. The molecule has 1 amide bonds. The van der Waals surface area contributed by atoms with Crippen LogP contribution in [0.4, 0.5) is 4.79 Å². The molecule has 0 aromatic carbocycles. The summed E-state index contributed by atoms with van der Waals surface area (Å²) in [6, 6.07) is 0. The molecule has 0 radical (unpaired) electrons. The van der Waals surface area contributed by atoms with Crippen molar-refractivity contribution in [2.75, 3.05) is 0 Å². The Bertz CT molecular complexity index is 420. The fourth-order valence-electron chi connectivity index (χ4n) is 1.94. The van der Waals surface area contributed by atoms with Crippen molar-refractivity contribution in [1.82, 2.24) is 4.90 Å². The zero-order valence-electron chi connectivity index (χ0n) is 10.2. The van der Waals surface area contributed by atoms with Gasteiger partial charge in [-0.05, 0) is 6.92 Å². The average Bonchev–Trinajstić information content (AvgIpc) is 2.51. The quantitative estimate of drug-likeness (QED) is 0.559. The van der Waals surface area contributed by atoms with E-state index in [-0.39, 0.29) is 17.7 Å². The van der Waals surface area contributed by atoms with E-state index < -0.39 is 17.8 Å². The third kappa shape index (κ3) is 1.64. The second kappa shape index (κ2) is 3.38. The molecule has 0 bridgehead atoms. The molecular formula is C11H15NO5. The fourth-order valence-corrected chi connectivity index (χ4v) is 1.94. The monoisotopic (exact) mass is 241 g/mol. The van der Waals surface area contributed by atoms with Gasteiger partial charge >= 0.3 is 6.16 Å². The summed E-state index contributed by atoms with van der Waals surface area (Å²) in [5.74, 6) is -0.0200. The van der Waals surface area contributed by atoms with Crippen molar-refractivity contribution in [2.24, 2.45) is 11.3 Å². The van der Waals surface area contributed by atoms with Gasteiger partial charge in [0, 0.05) is 5.41 Å². The zero-order chi connectivity index (χ0) is 13.0. The lowest BCUT2D eigenvalue weighted by molar-refractivity contribution is -0.171. The van der Waals surface area contributed by atoms with Gasteiger partial charge in [0.25, 0.3) is 5.88 Å². The number of amides is 1. The highest BCUT2D eigenvalue weighted by molar-refractivity contribution is 5.87. The van der Waals surface area contributed by atoms with Crippen LogP contribution in [0.25, 0.3) is 0 Å². The molecule has 2 heterocycles. The summed E-state index contributed by atoms with van der Waals surface area (Å²) in [5, 5.41) is 8.69. The van der Waals surface area contributed by atoms with Gasteiger partial charge in [0.15, 0.2) is 12.0 Å². The first-order valence-electron chi connectivity index (χ1n) is 5.38. The number of hydrogen-bond acceptors (Lipinski definition) is 4. The van der Waals surface area contributed by atoms with Crippen molar-refractivity contribution in [2.45, 2.75) is 33.9 Å². The molecule has 6 nitrogen and oxygen atoms in total. The van der Waals surface area contributed by atoms with E-state index in [1.807, 2.05) is 20.8 Å². The van der Waals surface area contributed by atoms with Crippen LogP contribution in [-0.4, -0.2) is 28.3 Å². The molecule has 0 aromatic rings. The van der Waals surface area contributed by atoms with Crippen LogP contribution in [0.15, 0.2) is 11.6 Å². The van der Waals surface area contributed by atoms with Crippen LogP contribution in [-0.2, 0) is 14.3 Å². The molecule has 1 saturated heterocycles. The largest absolute Gasteiger partial charge is 0.512 e. The first kappa shape index (κ1) is 11.8. The Balaban J connectivity index is 2.36. The van der Waals surface area contributed by atoms with E-state index >= 15 is 0 Å². The van der Waals surface area contributed by atoms with Crippen LogP contribution in [0.3, 0.4) is 0 Å². The second-order valence-electron chi connectivity index (χ2n) is 5.26. The summed E-state index contributed by atoms with van der Waals surface area (Å²) < 4.78 is 10.3. The van der Waals surface area contributed by atoms with Gasteiger partial charge in [0.2, 0.25) is 5.91 Å². The van der Waals surface area contributed by atoms with Crippen molar-refractivity contribution in [3.63, 3.8) is 0 Å². The predicted molar refractivity (Wildman–Crippen MR) is 56.5 cm³/mol. The summed E-state index contributed by atoms with van der Waals surface area (Å²) in [4.78, 5) is 23.6. The zero-order valence-corrected chi connectivity index (χ0v) is 10.2. The second-order valence-corrected chi connectivity index (χ2v) is 5.26. The Morgan fingerprint density at radius 2 is 2.06 bits per heavy atom. The Morgan fingerprint density at radius 3 is 2.53 bits per heavy atom. The summed E-state index contributed by atoms with van der Waals surface area (Å²) in [7, 11) is 0. The smallest absolute Gasteiger partial charge is 0.467 e. The van der Waals surface area contributed by atoms with Crippen LogP contribution < -0.4 is 0 Å². The molecule has 0 saturated carbocycles. The van der Waals surface area contributed by atoms with Crippen LogP contribution in [0, 0.1) is 11.3 Å². The van der Waals surface area contributed by atoms with Crippen LogP contribution in [0.2, 0.25) is 0 Å². The topological polar surface area (TPSA) is 76.1 Å². The van der Waals surface area contributed by atoms with Crippen molar-refractivity contribution in [3.05, 3.63) is 11.6 Å². The number of carboxylic acid groups (broad SMARTS) is 1. The molecule has 2 unspecified atom stereocenters. The Morgan fingerprint density at radius 1 is 1.47 bits per heavy atom. The molecule has 2 aliphatic heterocycles. The number of β-lactam (4-membered cyclic amide) rings is 1. The number of nitrogens with zero attached hydrogens (tertiary/aromatic N) is 1. The molecule has 1 fully saturated rings. The average molecular weight is 241 g/mol. The van der Waals surface area contributed by atoms with Crippen LogP contribution >= 0.6 is 0 Å². The maximum absolute atomic E-state index is 11.6. The highest BCUT2D eigenvalue weighted by Gasteiger charge is 2.56. The summed E-state index contributed by atoms with van der Waals surface area (Å²) in [5.41, 5.74) is -0.415. The SMILES string of the molecule is CC1C(=O)N2C(OC(=O)O)=C(C(C)(C)C)OC12. The standard InChI is InChI=1S/C11H15NO5/c1-5-7(13)12-8(5)16-6(11(2,3)4)9(12)17-10(14)15/h5,8H,1-4H3,(H,14,15). The third-order valence-electron chi connectivity index (χ3n) is 2.83. The molecular weight excluding hydrogens is 226 g/mol. The summed E-state index contributed by atoms with van der Waals surface area (Å²) >= 11 is 0. The van der Waals surface area contributed by atoms with Gasteiger partial charge in [0.05, 0.1) is 5.92 Å². The highest BCUT2D eigenvalue weighted by atomic mass is 16.7. The number of hydrogen-bond donors (Lipinski definition) is 1. The first-order valence-corrected chi connectivity index (χ1v) is 5.38. The van der Waals surface area contributed by atoms with Crippen molar-refractivity contribution < 1.29 is 24.2 Å². The number of ether oxygens (including phenoxy) is 2. The Hall–Kier alpha value is -1.72. The van der Waals surface area contributed by atoms with Gasteiger partial charge in [-0.2, -0.15) is 0 Å². The lowest BCUT2D eigenvalue weighted by atomic mass is 9.94. The Labute approximate surface area is 98.8 Å². The molecule has 0 aliphatic carbocycles. The highest BCUT2D eigenvalue weighted by Crippen LogP contribution is 2.45. The minimum Gasteiger partial charge on any atom is -0.467 e. The normalized spacial score (nSPS) is 27.5. The van der Waals surface area contributed by atoms with Crippen molar-refractivity contribution in [1.29, 1.82) is 0 Å². The fraction of sp³-hybridized carbons (Fsp3) is 0.636. The van der Waals surface area contributed by atoms with E-state index in [0.717, 1.165) is 0 Å². The number of fused-ring (bicyclic) bond motifs is 1. The van der Waals surface area contributed by atoms with Gasteiger partial charge in [-0.3, -0.25) is 4.79 Å². The number of allylic oxidation sites excluding steroid dienone is 1. The maximum atomic E-state index is 11.6. The Kier molecular flexibility index (Phi) is 2.34. The molecule has 2 atom stereocenters. The van der Waals surface area contributed by atoms with Crippen LogP contribution in [0.5, 0.6) is 0 Å². The van der Waals surface area contributed by atoms with E-state index in [9.17, 15) is 9.59 Å². The molecule has 0 spiro atoms. The lowest BCUT2D eigenvalue weighted by Crippen LogP contribution is -2.57. The van der Waals surface area contributed by atoms with Gasteiger partial charge in [-0.25, -0.2) is 9.69 Å². The van der Waals surface area contributed by atoms with E-state index in [2.05, 4.69) is 4.74 Å². The number of carbonyl (C=O) groups excluding carboxylic acids is 1. The van der Waals surface area contributed by atoms with Crippen molar-refractivity contribution >= 4 is 12.1 Å². The minimum atomic E-state index is -1.45. The van der Waals surface area contributed by atoms with E-state index in [0.29, 0.717) is 5.76 Å². The molecule has 2 rings (SSSR count). The summed E-state index contributed by atoms with van der Waals surface area (Å²) in [6.07, 6.45) is -1.87.